The number of rotatable bonds is 3. The van der Waals surface area contributed by atoms with Crippen molar-refractivity contribution in [3.63, 3.8) is 0 Å². The van der Waals surface area contributed by atoms with Gasteiger partial charge in [0.1, 0.15) is 5.75 Å². The second-order valence-corrected chi connectivity index (χ2v) is 6.23. The second kappa shape index (κ2) is 6.20. The lowest BCUT2D eigenvalue weighted by Gasteiger charge is -2.33. The molecule has 6 heteroatoms. The molecule has 1 aromatic rings. The fraction of sp³-hybridized carbons (Fsp3) is 0.529. The number of benzene rings is 1. The first-order valence-corrected chi connectivity index (χ1v) is 7.83. The number of nitrogens with zero attached hydrogens (tertiary/aromatic N) is 1. The smallest absolute Gasteiger partial charge is 0.306 e. The third-order valence-electron chi connectivity index (χ3n) is 4.48. The number of amides is 1. The Morgan fingerprint density at radius 1 is 1.30 bits per heavy atom. The molecule has 0 aromatic heterocycles. The van der Waals surface area contributed by atoms with Crippen LogP contribution in [0.15, 0.2) is 12.1 Å². The lowest BCUT2D eigenvalue weighted by molar-refractivity contribution is -0.151. The summed E-state index contributed by atoms with van der Waals surface area (Å²) in [5.41, 5.74) is 3.39. The van der Waals surface area contributed by atoms with Crippen molar-refractivity contribution in [3.05, 3.63) is 28.8 Å². The van der Waals surface area contributed by atoms with Crippen molar-refractivity contribution < 1.29 is 24.2 Å². The molecule has 2 aliphatic rings. The van der Waals surface area contributed by atoms with Crippen LogP contribution in [-0.2, 0) is 20.7 Å². The van der Waals surface area contributed by atoms with Crippen molar-refractivity contribution in [2.24, 2.45) is 0 Å². The minimum atomic E-state index is -0.917. The molecule has 0 radical (unpaired) electrons. The van der Waals surface area contributed by atoms with Gasteiger partial charge in [0.05, 0.1) is 19.1 Å². The maximum Gasteiger partial charge on any atom is 0.306 e. The van der Waals surface area contributed by atoms with Crippen LogP contribution >= 0.6 is 0 Å². The third-order valence-corrected chi connectivity index (χ3v) is 4.48. The van der Waals surface area contributed by atoms with Crippen LogP contribution in [0.1, 0.15) is 23.1 Å². The molecule has 2 atom stereocenters. The molecule has 6 nitrogen and oxygen atoms in total. The van der Waals surface area contributed by atoms with E-state index in [1.54, 1.807) is 4.90 Å². The zero-order chi connectivity index (χ0) is 16.6. The number of aliphatic carboxylic acids is 1. The largest absolute Gasteiger partial charge is 0.481 e. The van der Waals surface area contributed by atoms with Gasteiger partial charge in [0.25, 0.3) is 5.91 Å². The van der Waals surface area contributed by atoms with Gasteiger partial charge < -0.3 is 19.5 Å². The number of carbonyl (C=O) groups excluding carboxylic acids is 1. The molecule has 23 heavy (non-hydrogen) atoms. The van der Waals surface area contributed by atoms with Crippen molar-refractivity contribution >= 4 is 11.9 Å². The highest BCUT2D eigenvalue weighted by Crippen LogP contribution is 2.32. The Kier molecular flexibility index (Phi) is 4.26. The predicted molar refractivity (Wildman–Crippen MR) is 82.6 cm³/mol. The molecule has 0 saturated carbocycles. The Balaban J connectivity index is 1.66. The van der Waals surface area contributed by atoms with Gasteiger partial charge in [-0.2, -0.15) is 0 Å². The van der Waals surface area contributed by atoms with Crippen LogP contribution in [0.4, 0.5) is 0 Å². The molecule has 2 heterocycles. The molecule has 3 rings (SSSR count). The molecule has 1 aromatic carbocycles. The molecule has 1 fully saturated rings. The fourth-order valence-corrected chi connectivity index (χ4v) is 3.09. The van der Waals surface area contributed by atoms with E-state index in [0.29, 0.717) is 26.1 Å². The molecule has 124 valence electrons. The van der Waals surface area contributed by atoms with Gasteiger partial charge >= 0.3 is 5.97 Å². The first-order valence-electron chi connectivity index (χ1n) is 7.83. The molecule has 2 unspecified atom stereocenters. The Morgan fingerprint density at radius 3 is 2.78 bits per heavy atom. The molecule has 2 aliphatic heterocycles. The van der Waals surface area contributed by atoms with Crippen LogP contribution in [-0.4, -0.2) is 53.8 Å². The number of carboxylic acid groups (broad SMARTS) is 1. The van der Waals surface area contributed by atoms with E-state index in [1.165, 1.54) is 5.56 Å². The van der Waals surface area contributed by atoms with Crippen molar-refractivity contribution in [1.29, 1.82) is 0 Å². The highest BCUT2D eigenvalue weighted by Gasteiger charge is 2.35. The first-order chi connectivity index (χ1) is 10.9. The summed E-state index contributed by atoms with van der Waals surface area (Å²) >= 11 is 0. The summed E-state index contributed by atoms with van der Waals surface area (Å²) in [6.07, 6.45) is -0.488. The molecule has 1 saturated heterocycles. The number of hydrogen-bond donors (Lipinski definition) is 1. The van der Waals surface area contributed by atoms with Crippen molar-refractivity contribution in [2.75, 3.05) is 19.7 Å². The van der Waals surface area contributed by atoms with E-state index < -0.39 is 18.2 Å². The molecule has 0 bridgehead atoms. The minimum absolute atomic E-state index is 0.0878. The summed E-state index contributed by atoms with van der Waals surface area (Å²) in [6.45, 7) is 5.21. The Morgan fingerprint density at radius 2 is 2.04 bits per heavy atom. The molecular formula is C17H21NO5. The number of morpholine rings is 1. The summed E-state index contributed by atoms with van der Waals surface area (Å²) in [5.74, 6) is -0.225. The van der Waals surface area contributed by atoms with Gasteiger partial charge in [-0.1, -0.05) is 6.07 Å². The van der Waals surface area contributed by atoms with E-state index in [4.69, 9.17) is 14.6 Å². The lowest BCUT2D eigenvalue weighted by atomic mass is 10.0. The minimum Gasteiger partial charge on any atom is -0.481 e. The summed E-state index contributed by atoms with van der Waals surface area (Å²) in [4.78, 5) is 25.1. The highest BCUT2D eigenvalue weighted by molar-refractivity contribution is 5.83. The van der Waals surface area contributed by atoms with Crippen LogP contribution in [0.3, 0.4) is 0 Å². The quantitative estimate of drug-likeness (QED) is 0.909. The van der Waals surface area contributed by atoms with Gasteiger partial charge in [-0.25, -0.2) is 0 Å². The van der Waals surface area contributed by atoms with Crippen molar-refractivity contribution in [1.82, 2.24) is 4.90 Å². The van der Waals surface area contributed by atoms with E-state index in [1.807, 2.05) is 19.9 Å². The maximum atomic E-state index is 12.7. The Hall–Kier alpha value is -2.08. The van der Waals surface area contributed by atoms with E-state index in [-0.39, 0.29) is 12.3 Å². The molecular weight excluding hydrogens is 298 g/mol. The molecule has 1 N–H and O–H groups in total. The predicted octanol–water partition coefficient (Wildman–Crippen LogP) is 1.31. The average molecular weight is 319 g/mol. The summed E-state index contributed by atoms with van der Waals surface area (Å²) in [5, 5.41) is 8.86. The van der Waals surface area contributed by atoms with Gasteiger partial charge in [-0.15, -0.1) is 0 Å². The summed E-state index contributed by atoms with van der Waals surface area (Å²) < 4.78 is 11.2. The number of fused-ring (bicyclic) bond motifs is 1. The monoisotopic (exact) mass is 319 g/mol. The highest BCUT2D eigenvalue weighted by atomic mass is 16.5. The van der Waals surface area contributed by atoms with Gasteiger partial charge in [-0.05, 0) is 36.6 Å². The Bertz CT molecular complexity index is 611. The van der Waals surface area contributed by atoms with E-state index >= 15 is 0 Å². The van der Waals surface area contributed by atoms with Crippen LogP contribution in [0.25, 0.3) is 0 Å². The van der Waals surface area contributed by atoms with Gasteiger partial charge in [-0.3, -0.25) is 9.59 Å². The van der Waals surface area contributed by atoms with Crippen molar-refractivity contribution in [2.45, 2.75) is 38.9 Å². The summed E-state index contributed by atoms with van der Waals surface area (Å²) in [6, 6.07) is 4.05. The van der Waals surface area contributed by atoms with Gasteiger partial charge in [0.15, 0.2) is 6.10 Å². The van der Waals surface area contributed by atoms with E-state index in [2.05, 4.69) is 6.07 Å². The average Bonchev–Trinajstić information content (AvgIpc) is 2.89. The van der Waals surface area contributed by atoms with E-state index in [9.17, 15) is 9.59 Å². The topological polar surface area (TPSA) is 76.1 Å². The number of ether oxygens (including phenoxy) is 2. The standard InChI is InChI=1S/C17H21NO5/c1-10-5-12-7-15(23-14(12)6-11(10)2)17(21)18-3-4-22-13(9-18)8-16(19)20/h5-6,13,15H,3-4,7-9H2,1-2H3,(H,19,20). The van der Waals surface area contributed by atoms with Crippen LogP contribution in [0.5, 0.6) is 5.75 Å². The SMILES string of the molecule is Cc1cc2c(cc1C)OC(C(=O)N1CCOC(CC(=O)O)C1)C2. The molecule has 1 amide bonds. The van der Waals surface area contributed by atoms with Gasteiger partial charge in [0, 0.05) is 19.5 Å². The number of carbonyl (C=O) groups is 2. The van der Waals surface area contributed by atoms with Crippen LogP contribution < -0.4 is 4.74 Å². The zero-order valence-corrected chi connectivity index (χ0v) is 13.4. The molecule has 0 spiro atoms. The fourth-order valence-electron chi connectivity index (χ4n) is 3.09. The van der Waals surface area contributed by atoms with Crippen molar-refractivity contribution in [3.8, 4) is 5.75 Å². The van der Waals surface area contributed by atoms with Gasteiger partial charge in [0.2, 0.25) is 0 Å². The lowest BCUT2D eigenvalue weighted by Crippen LogP contribution is -2.50. The summed E-state index contributed by atoms with van der Waals surface area (Å²) in [7, 11) is 0. The third kappa shape index (κ3) is 3.32. The number of carboxylic acids is 1. The van der Waals surface area contributed by atoms with E-state index in [0.717, 1.165) is 16.9 Å². The number of hydrogen-bond acceptors (Lipinski definition) is 4. The van der Waals surface area contributed by atoms with Crippen LogP contribution in [0.2, 0.25) is 0 Å². The number of aryl methyl sites for hydroxylation is 2. The second-order valence-electron chi connectivity index (χ2n) is 6.23. The maximum absolute atomic E-state index is 12.7. The normalized spacial score (nSPS) is 23.3. The first kappa shape index (κ1) is 15.8. The molecule has 0 aliphatic carbocycles. The van der Waals surface area contributed by atoms with Crippen LogP contribution in [0, 0.1) is 13.8 Å². The zero-order valence-electron chi connectivity index (χ0n) is 13.4. The Labute approximate surface area is 135 Å².